The Hall–Kier alpha value is -1.33. The predicted molar refractivity (Wildman–Crippen MR) is 65.7 cm³/mol. The number of carbonyl (C=O) groups is 1. The molecule has 1 atom stereocenters. The number of furan rings is 1. The quantitative estimate of drug-likeness (QED) is 0.839. The molecule has 0 spiro atoms. The van der Waals surface area contributed by atoms with Crippen molar-refractivity contribution in [2.45, 2.75) is 38.8 Å². The molecular weight excluding hydrogens is 234 g/mol. The summed E-state index contributed by atoms with van der Waals surface area (Å²) in [7, 11) is 0. The lowest BCUT2D eigenvalue weighted by molar-refractivity contribution is 0.0165. The fraction of sp³-hybridized carbons (Fsp3) is 0.615. The first-order valence-electron chi connectivity index (χ1n) is 6.31. The topological polar surface area (TPSA) is 71.7 Å². The number of aromatic carboxylic acids is 1. The Morgan fingerprint density at radius 3 is 3.00 bits per heavy atom. The van der Waals surface area contributed by atoms with E-state index in [0.717, 1.165) is 26.0 Å². The van der Waals surface area contributed by atoms with Crippen LogP contribution < -0.4 is 5.32 Å². The lowest BCUT2D eigenvalue weighted by atomic mass is 10.1. The van der Waals surface area contributed by atoms with Gasteiger partial charge in [-0.3, -0.25) is 0 Å². The molecule has 1 aromatic rings. The molecule has 1 unspecified atom stereocenters. The van der Waals surface area contributed by atoms with Gasteiger partial charge in [0.2, 0.25) is 5.76 Å². The zero-order valence-corrected chi connectivity index (χ0v) is 10.6. The summed E-state index contributed by atoms with van der Waals surface area (Å²) in [6.07, 6.45) is 3.73. The third-order valence-electron chi connectivity index (χ3n) is 3.11. The van der Waals surface area contributed by atoms with Gasteiger partial charge in [0.05, 0.1) is 12.6 Å². The third-order valence-corrected chi connectivity index (χ3v) is 3.11. The Balaban J connectivity index is 1.79. The molecule has 0 aliphatic carbocycles. The van der Waals surface area contributed by atoms with E-state index in [0.29, 0.717) is 17.9 Å². The molecule has 1 saturated heterocycles. The second-order valence-electron chi connectivity index (χ2n) is 4.65. The summed E-state index contributed by atoms with van der Waals surface area (Å²) in [5.41, 5.74) is 0.660. The van der Waals surface area contributed by atoms with E-state index in [1.165, 1.54) is 6.42 Å². The van der Waals surface area contributed by atoms with Gasteiger partial charge < -0.3 is 19.6 Å². The Bertz CT molecular complexity index is 407. The van der Waals surface area contributed by atoms with E-state index >= 15 is 0 Å². The lowest BCUT2D eigenvalue weighted by Crippen LogP contribution is -2.31. The van der Waals surface area contributed by atoms with Gasteiger partial charge in [-0.15, -0.1) is 0 Å². The molecule has 5 nitrogen and oxygen atoms in total. The Kier molecular flexibility index (Phi) is 4.38. The van der Waals surface area contributed by atoms with Gasteiger partial charge in [0.25, 0.3) is 0 Å². The maximum absolute atomic E-state index is 10.8. The van der Waals surface area contributed by atoms with Crippen LogP contribution in [0.2, 0.25) is 0 Å². The van der Waals surface area contributed by atoms with Crippen LogP contribution in [-0.2, 0) is 11.3 Å². The standard InChI is InChI=1S/C13H19NO4/c1-9-6-11(18-12(9)13(15)16)8-14-7-10-4-2-3-5-17-10/h6,10,14H,2-5,7-8H2,1H3,(H,15,16). The highest BCUT2D eigenvalue weighted by Crippen LogP contribution is 2.15. The number of carboxylic acids is 1. The normalized spacial score (nSPS) is 19.9. The number of rotatable bonds is 5. The third kappa shape index (κ3) is 3.34. The average molecular weight is 253 g/mol. The number of nitrogens with one attached hydrogen (secondary N) is 1. The van der Waals surface area contributed by atoms with Crippen molar-refractivity contribution < 1.29 is 19.1 Å². The molecule has 1 aliphatic rings. The van der Waals surface area contributed by atoms with Crippen LogP contribution in [0.25, 0.3) is 0 Å². The molecule has 2 heterocycles. The van der Waals surface area contributed by atoms with Crippen molar-refractivity contribution in [1.82, 2.24) is 5.32 Å². The van der Waals surface area contributed by atoms with E-state index in [4.69, 9.17) is 14.3 Å². The van der Waals surface area contributed by atoms with Gasteiger partial charge in [-0.1, -0.05) is 0 Å². The van der Waals surface area contributed by atoms with Gasteiger partial charge in [-0.2, -0.15) is 0 Å². The van der Waals surface area contributed by atoms with E-state index in [-0.39, 0.29) is 11.9 Å². The van der Waals surface area contributed by atoms with Crippen molar-refractivity contribution in [1.29, 1.82) is 0 Å². The summed E-state index contributed by atoms with van der Waals surface area (Å²) in [4.78, 5) is 10.8. The van der Waals surface area contributed by atoms with Gasteiger partial charge in [0.1, 0.15) is 5.76 Å². The van der Waals surface area contributed by atoms with E-state index < -0.39 is 5.97 Å². The van der Waals surface area contributed by atoms with Gasteiger partial charge in [-0.25, -0.2) is 4.79 Å². The van der Waals surface area contributed by atoms with Gasteiger partial charge in [0.15, 0.2) is 0 Å². The molecule has 0 bridgehead atoms. The highest BCUT2D eigenvalue weighted by Gasteiger charge is 2.16. The van der Waals surface area contributed by atoms with Crippen molar-refractivity contribution in [3.63, 3.8) is 0 Å². The van der Waals surface area contributed by atoms with Gasteiger partial charge >= 0.3 is 5.97 Å². The first-order chi connectivity index (χ1) is 8.66. The fourth-order valence-electron chi connectivity index (χ4n) is 2.17. The lowest BCUT2D eigenvalue weighted by Gasteiger charge is -2.22. The first kappa shape index (κ1) is 13.1. The molecule has 2 N–H and O–H groups in total. The molecule has 1 aromatic heterocycles. The monoisotopic (exact) mass is 253 g/mol. The predicted octanol–water partition coefficient (Wildman–Crippen LogP) is 1.94. The Morgan fingerprint density at radius 1 is 1.56 bits per heavy atom. The van der Waals surface area contributed by atoms with Crippen molar-refractivity contribution >= 4 is 5.97 Å². The fourth-order valence-corrected chi connectivity index (χ4v) is 2.17. The smallest absolute Gasteiger partial charge is 0.372 e. The van der Waals surface area contributed by atoms with Crippen LogP contribution >= 0.6 is 0 Å². The van der Waals surface area contributed by atoms with Crippen molar-refractivity contribution in [2.75, 3.05) is 13.2 Å². The summed E-state index contributed by atoms with van der Waals surface area (Å²) < 4.78 is 10.9. The molecule has 0 radical (unpaired) electrons. The zero-order chi connectivity index (χ0) is 13.0. The van der Waals surface area contributed by atoms with Crippen LogP contribution in [0.15, 0.2) is 10.5 Å². The summed E-state index contributed by atoms with van der Waals surface area (Å²) in [6, 6.07) is 1.76. The summed E-state index contributed by atoms with van der Waals surface area (Å²) in [6.45, 7) is 3.90. The van der Waals surface area contributed by atoms with E-state index in [9.17, 15) is 4.79 Å². The summed E-state index contributed by atoms with van der Waals surface area (Å²) >= 11 is 0. The minimum absolute atomic E-state index is 0.0284. The van der Waals surface area contributed by atoms with Crippen LogP contribution in [0.4, 0.5) is 0 Å². The summed E-state index contributed by atoms with van der Waals surface area (Å²) in [5, 5.41) is 12.1. The molecule has 0 saturated carbocycles. The van der Waals surface area contributed by atoms with Gasteiger partial charge in [0, 0.05) is 18.7 Å². The number of ether oxygens (including phenoxy) is 1. The van der Waals surface area contributed by atoms with Crippen LogP contribution in [0.1, 0.15) is 41.1 Å². The van der Waals surface area contributed by atoms with Crippen molar-refractivity contribution in [2.24, 2.45) is 0 Å². The minimum atomic E-state index is -1.02. The van der Waals surface area contributed by atoms with Gasteiger partial charge in [-0.05, 0) is 32.3 Å². The Labute approximate surface area is 106 Å². The van der Waals surface area contributed by atoms with Crippen molar-refractivity contribution in [3.05, 3.63) is 23.2 Å². The second kappa shape index (κ2) is 6.02. The molecule has 18 heavy (non-hydrogen) atoms. The molecule has 100 valence electrons. The van der Waals surface area contributed by atoms with Crippen LogP contribution in [0, 0.1) is 6.92 Å². The number of hydrogen-bond donors (Lipinski definition) is 2. The average Bonchev–Trinajstić information content (AvgIpc) is 2.72. The largest absolute Gasteiger partial charge is 0.475 e. The van der Waals surface area contributed by atoms with E-state index in [2.05, 4.69) is 5.32 Å². The Morgan fingerprint density at radius 2 is 2.39 bits per heavy atom. The molecule has 0 aromatic carbocycles. The first-order valence-corrected chi connectivity index (χ1v) is 6.31. The minimum Gasteiger partial charge on any atom is -0.475 e. The van der Waals surface area contributed by atoms with Crippen molar-refractivity contribution in [3.8, 4) is 0 Å². The number of aryl methyl sites for hydroxylation is 1. The van der Waals surface area contributed by atoms with Crippen LogP contribution in [0.5, 0.6) is 0 Å². The molecular formula is C13H19NO4. The maximum Gasteiger partial charge on any atom is 0.372 e. The van der Waals surface area contributed by atoms with E-state index in [1.807, 2.05) is 0 Å². The molecule has 1 fully saturated rings. The number of carboxylic acid groups (broad SMARTS) is 1. The number of hydrogen-bond acceptors (Lipinski definition) is 4. The summed E-state index contributed by atoms with van der Waals surface area (Å²) in [5.74, 6) is -0.337. The molecule has 0 amide bonds. The maximum atomic E-state index is 10.8. The highest BCUT2D eigenvalue weighted by atomic mass is 16.5. The molecule has 2 rings (SSSR count). The van der Waals surface area contributed by atoms with Crippen LogP contribution in [0.3, 0.4) is 0 Å². The zero-order valence-electron chi connectivity index (χ0n) is 10.6. The van der Waals surface area contributed by atoms with E-state index in [1.54, 1.807) is 13.0 Å². The molecule has 1 aliphatic heterocycles. The second-order valence-corrected chi connectivity index (χ2v) is 4.65. The van der Waals surface area contributed by atoms with Crippen LogP contribution in [-0.4, -0.2) is 30.3 Å². The SMILES string of the molecule is Cc1cc(CNCC2CCCCO2)oc1C(=O)O. The molecule has 5 heteroatoms. The highest BCUT2D eigenvalue weighted by molar-refractivity contribution is 5.86.